The third-order valence-electron chi connectivity index (χ3n) is 6.08. The number of rotatable bonds is 3. The lowest BCUT2D eigenvalue weighted by Crippen LogP contribution is -2.28. The van der Waals surface area contributed by atoms with Crippen LogP contribution < -0.4 is 5.32 Å². The normalized spacial score (nSPS) is 21.2. The molecule has 1 heterocycles. The van der Waals surface area contributed by atoms with Crippen LogP contribution >= 0.6 is 11.8 Å². The molecule has 6 heteroatoms. The van der Waals surface area contributed by atoms with Gasteiger partial charge in [0.2, 0.25) is 5.91 Å². The van der Waals surface area contributed by atoms with Gasteiger partial charge in [0.15, 0.2) is 0 Å². The van der Waals surface area contributed by atoms with Crippen molar-refractivity contribution in [3.8, 4) is 0 Å². The number of hydrogen-bond acceptors (Lipinski definition) is 2. The molecule has 29 heavy (non-hydrogen) atoms. The van der Waals surface area contributed by atoms with Gasteiger partial charge >= 0.3 is 6.18 Å². The van der Waals surface area contributed by atoms with Gasteiger partial charge in [-0.1, -0.05) is 56.1 Å². The lowest BCUT2D eigenvalue weighted by atomic mass is 9.80. The number of benzene rings is 2. The van der Waals surface area contributed by atoms with E-state index < -0.39 is 11.7 Å². The third-order valence-corrected chi connectivity index (χ3v) is 7.29. The Morgan fingerprint density at radius 1 is 1.17 bits per heavy atom. The van der Waals surface area contributed by atoms with Crippen LogP contribution in [0.25, 0.3) is 0 Å². The van der Waals surface area contributed by atoms with E-state index in [4.69, 9.17) is 0 Å². The van der Waals surface area contributed by atoms with Crippen LogP contribution in [0.4, 0.5) is 18.9 Å². The molecule has 1 amide bonds. The van der Waals surface area contributed by atoms with Crippen LogP contribution in [0.15, 0.2) is 46.2 Å². The number of nitrogens with one attached hydrogen (secondary N) is 1. The minimum atomic E-state index is -4.45. The first-order valence-electron chi connectivity index (χ1n) is 10.2. The van der Waals surface area contributed by atoms with Crippen molar-refractivity contribution in [3.63, 3.8) is 0 Å². The number of carbonyl (C=O) groups is 1. The summed E-state index contributed by atoms with van der Waals surface area (Å²) < 4.78 is 40.5. The molecule has 1 saturated carbocycles. The number of carbonyl (C=O) groups excluding carboxylic acids is 1. The molecule has 2 aliphatic rings. The first-order chi connectivity index (χ1) is 13.8. The van der Waals surface area contributed by atoms with Crippen LogP contribution in [0.1, 0.15) is 55.7 Å². The second kappa shape index (κ2) is 8.05. The zero-order valence-electron chi connectivity index (χ0n) is 16.3. The van der Waals surface area contributed by atoms with Gasteiger partial charge in [-0.15, -0.1) is 0 Å². The van der Waals surface area contributed by atoms with Crippen LogP contribution in [0.5, 0.6) is 0 Å². The van der Waals surface area contributed by atoms with Crippen molar-refractivity contribution in [2.24, 2.45) is 11.8 Å². The first kappa shape index (κ1) is 20.3. The lowest BCUT2D eigenvalue weighted by Gasteiger charge is -2.29. The molecule has 0 saturated heterocycles. The number of fused-ring (bicyclic) bond motifs is 2. The molecule has 2 aromatic carbocycles. The molecule has 4 rings (SSSR count). The van der Waals surface area contributed by atoms with Crippen molar-refractivity contribution < 1.29 is 18.0 Å². The van der Waals surface area contributed by atoms with Crippen molar-refractivity contribution in [1.29, 1.82) is 0 Å². The van der Waals surface area contributed by atoms with E-state index in [-0.39, 0.29) is 11.8 Å². The Morgan fingerprint density at radius 3 is 2.72 bits per heavy atom. The van der Waals surface area contributed by atoms with Crippen molar-refractivity contribution in [2.75, 3.05) is 5.32 Å². The average molecular weight is 420 g/mol. The van der Waals surface area contributed by atoms with Crippen LogP contribution in [0, 0.1) is 11.8 Å². The summed E-state index contributed by atoms with van der Waals surface area (Å²) in [4.78, 5) is 14.5. The minimum Gasteiger partial charge on any atom is -0.326 e. The Labute approximate surface area is 173 Å². The van der Waals surface area contributed by atoms with Gasteiger partial charge in [-0.3, -0.25) is 4.79 Å². The molecule has 2 aromatic rings. The summed E-state index contributed by atoms with van der Waals surface area (Å²) >= 11 is 1.34. The van der Waals surface area contributed by atoms with Crippen LogP contribution in [-0.2, 0) is 17.4 Å². The van der Waals surface area contributed by atoms with E-state index in [0.29, 0.717) is 22.9 Å². The smallest absolute Gasteiger partial charge is 0.326 e. The van der Waals surface area contributed by atoms with Crippen LogP contribution in [-0.4, -0.2) is 5.91 Å². The first-order valence-corrected chi connectivity index (χ1v) is 11.0. The quantitative estimate of drug-likeness (QED) is 0.499. The highest BCUT2D eigenvalue weighted by molar-refractivity contribution is 7.99. The van der Waals surface area contributed by atoms with Gasteiger partial charge in [0.05, 0.1) is 5.56 Å². The number of anilines is 1. The number of hydrogen-bond donors (Lipinski definition) is 1. The Hall–Kier alpha value is -1.95. The average Bonchev–Trinajstić information content (AvgIpc) is 2.71. The fourth-order valence-corrected chi connectivity index (χ4v) is 5.53. The molecular formula is C23H24F3NOS. The summed E-state index contributed by atoms with van der Waals surface area (Å²) in [5.74, 6) is 0.258. The molecule has 2 unspecified atom stereocenters. The Balaban J connectivity index is 1.66. The van der Waals surface area contributed by atoms with E-state index in [1.54, 1.807) is 0 Å². The van der Waals surface area contributed by atoms with E-state index >= 15 is 0 Å². The van der Waals surface area contributed by atoms with Crippen molar-refractivity contribution >= 4 is 23.4 Å². The highest BCUT2D eigenvalue weighted by Gasteiger charge is 2.34. The monoisotopic (exact) mass is 419 g/mol. The zero-order valence-corrected chi connectivity index (χ0v) is 17.1. The Kier molecular flexibility index (Phi) is 5.65. The molecule has 2 nitrogen and oxygen atoms in total. The van der Waals surface area contributed by atoms with Crippen LogP contribution in [0.3, 0.4) is 0 Å². The van der Waals surface area contributed by atoms with Gasteiger partial charge in [-0.25, -0.2) is 0 Å². The van der Waals surface area contributed by atoms with E-state index in [9.17, 15) is 18.0 Å². The third kappa shape index (κ3) is 4.32. The highest BCUT2D eigenvalue weighted by atomic mass is 32.2. The fraction of sp³-hybridized carbons (Fsp3) is 0.435. The van der Waals surface area contributed by atoms with Gasteiger partial charge in [-0.05, 0) is 48.1 Å². The molecular weight excluding hydrogens is 395 g/mol. The standard InChI is InChI=1S/C23H24F3NOS/c1-2-14-6-5-8-16(10-14)22(28)27-19-12-17(23(24,25)26)13-21-18(19)11-15-7-3-4-9-20(15)29-21/h3-4,7,9,12-14,16H,2,5-6,8,10-11H2,1H3,(H,27,28). The molecule has 0 aromatic heterocycles. The van der Waals surface area contributed by atoms with E-state index in [0.717, 1.165) is 54.2 Å². The Bertz CT molecular complexity index is 925. The summed E-state index contributed by atoms with van der Waals surface area (Å²) in [6, 6.07) is 10.0. The van der Waals surface area contributed by atoms with E-state index in [2.05, 4.69) is 12.2 Å². The molecule has 0 bridgehead atoms. The largest absolute Gasteiger partial charge is 0.416 e. The van der Waals surface area contributed by atoms with Gasteiger partial charge < -0.3 is 5.32 Å². The van der Waals surface area contributed by atoms with Crippen molar-refractivity contribution in [3.05, 3.63) is 53.1 Å². The van der Waals surface area contributed by atoms with Gasteiger partial charge in [0.25, 0.3) is 0 Å². The summed E-state index contributed by atoms with van der Waals surface area (Å²) in [5, 5.41) is 2.88. The molecule has 1 aliphatic carbocycles. The van der Waals surface area contributed by atoms with Gasteiger partial charge in [-0.2, -0.15) is 13.2 Å². The summed E-state index contributed by atoms with van der Waals surface area (Å²) in [6.45, 7) is 2.13. The molecule has 1 N–H and O–H groups in total. The molecule has 0 spiro atoms. The van der Waals surface area contributed by atoms with Gasteiger partial charge in [0.1, 0.15) is 0 Å². The predicted molar refractivity (Wildman–Crippen MR) is 109 cm³/mol. The summed E-state index contributed by atoms with van der Waals surface area (Å²) in [5.41, 5.74) is 1.44. The molecule has 1 fully saturated rings. The second-order valence-corrected chi connectivity index (χ2v) is 9.10. The van der Waals surface area contributed by atoms with Gasteiger partial charge in [0, 0.05) is 27.8 Å². The maximum Gasteiger partial charge on any atom is 0.416 e. The minimum absolute atomic E-state index is 0.123. The second-order valence-electron chi connectivity index (χ2n) is 8.01. The SMILES string of the molecule is CCC1CCCC(C(=O)Nc2cc(C(F)(F)F)cc3c2Cc2ccccc2S3)C1. The van der Waals surface area contributed by atoms with E-state index in [1.165, 1.54) is 17.8 Å². The molecule has 154 valence electrons. The van der Waals surface area contributed by atoms with Crippen LogP contribution in [0.2, 0.25) is 0 Å². The maximum absolute atomic E-state index is 13.5. The maximum atomic E-state index is 13.5. The summed E-state index contributed by atoms with van der Waals surface area (Å²) in [7, 11) is 0. The molecule has 1 aliphatic heterocycles. The molecule has 0 radical (unpaired) electrons. The lowest BCUT2D eigenvalue weighted by molar-refractivity contribution is -0.137. The fourth-order valence-electron chi connectivity index (χ4n) is 4.39. The topological polar surface area (TPSA) is 29.1 Å². The zero-order chi connectivity index (χ0) is 20.6. The molecule has 2 atom stereocenters. The number of amides is 1. The summed E-state index contributed by atoms with van der Waals surface area (Å²) in [6.07, 6.45) is 0.865. The highest BCUT2D eigenvalue weighted by Crippen LogP contribution is 2.45. The van der Waals surface area contributed by atoms with Crippen molar-refractivity contribution in [2.45, 2.75) is 61.4 Å². The van der Waals surface area contributed by atoms with Crippen molar-refractivity contribution in [1.82, 2.24) is 0 Å². The Morgan fingerprint density at radius 2 is 1.97 bits per heavy atom. The number of halogens is 3. The predicted octanol–water partition coefficient (Wildman–Crippen LogP) is 6.92. The van der Waals surface area contributed by atoms with E-state index in [1.807, 2.05) is 24.3 Å². The number of alkyl halides is 3.